The molecule has 18 heavy (non-hydrogen) atoms. The standard InChI is InChI=1S/C13H26N4O/c1-12(11-16-5-3-14-4-6-16)13(18)17-9-7-15(2)8-10-17/h12,14H,3-11H2,1-2H3. The minimum absolute atomic E-state index is 0.131. The number of amides is 1. The molecule has 1 amide bonds. The SMILES string of the molecule is CC(CN1CCNCC1)C(=O)N1CCN(C)CC1. The molecule has 0 spiro atoms. The highest BCUT2D eigenvalue weighted by atomic mass is 16.2. The average molecular weight is 254 g/mol. The summed E-state index contributed by atoms with van der Waals surface area (Å²) < 4.78 is 0. The van der Waals surface area contributed by atoms with Crippen LogP contribution < -0.4 is 5.32 Å². The lowest BCUT2D eigenvalue weighted by Crippen LogP contribution is -2.51. The molecule has 2 heterocycles. The molecule has 1 unspecified atom stereocenters. The van der Waals surface area contributed by atoms with Gasteiger partial charge >= 0.3 is 0 Å². The first-order chi connectivity index (χ1) is 8.66. The number of hydrogen-bond acceptors (Lipinski definition) is 4. The number of piperazine rings is 2. The van der Waals surface area contributed by atoms with E-state index in [4.69, 9.17) is 0 Å². The van der Waals surface area contributed by atoms with Crippen LogP contribution in [0.2, 0.25) is 0 Å². The smallest absolute Gasteiger partial charge is 0.226 e. The van der Waals surface area contributed by atoms with E-state index in [2.05, 4.69) is 29.1 Å². The van der Waals surface area contributed by atoms with Gasteiger partial charge in [-0.2, -0.15) is 0 Å². The summed E-state index contributed by atoms with van der Waals surface area (Å²) in [6, 6.07) is 0. The second-order valence-electron chi connectivity index (χ2n) is 5.58. The molecule has 0 aromatic carbocycles. The third kappa shape index (κ3) is 3.67. The van der Waals surface area contributed by atoms with E-state index in [0.717, 1.165) is 58.9 Å². The molecule has 2 saturated heterocycles. The predicted octanol–water partition coefficient (Wildman–Crippen LogP) is -0.698. The summed E-state index contributed by atoms with van der Waals surface area (Å²) in [5, 5.41) is 3.34. The summed E-state index contributed by atoms with van der Waals surface area (Å²) in [4.78, 5) is 19.1. The number of likely N-dealkylation sites (N-methyl/N-ethyl adjacent to an activating group) is 1. The van der Waals surface area contributed by atoms with Gasteiger partial charge in [0.1, 0.15) is 0 Å². The Labute approximate surface area is 110 Å². The maximum absolute atomic E-state index is 12.3. The van der Waals surface area contributed by atoms with Crippen molar-refractivity contribution in [3.8, 4) is 0 Å². The molecular weight excluding hydrogens is 228 g/mol. The molecule has 2 rings (SSSR count). The lowest BCUT2D eigenvalue weighted by atomic mass is 10.1. The van der Waals surface area contributed by atoms with Gasteiger partial charge in [-0.3, -0.25) is 4.79 Å². The van der Waals surface area contributed by atoms with E-state index in [1.54, 1.807) is 0 Å². The highest BCUT2D eigenvalue weighted by molar-refractivity contribution is 5.78. The number of nitrogens with zero attached hydrogens (tertiary/aromatic N) is 3. The molecular formula is C13H26N4O. The highest BCUT2D eigenvalue weighted by Gasteiger charge is 2.25. The Morgan fingerprint density at radius 3 is 2.33 bits per heavy atom. The Balaban J connectivity index is 1.77. The van der Waals surface area contributed by atoms with E-state index in [-0.39, 0.29) is 5.92 Å². The summed E-state index contributed by atoms with van der Waals surface area (Å²) in [7, 11) is 2.12. The molecule has 1 atom stereocenters. The van der Waals surface area contributed by atoms with Crippen molar-refractivity contribution >= 4 is 5.91 Å². The first-order valence-electron chi connectivity index (χ1n) is 7.07. The van der Waals surface area contributed by atoms with Crippen LogP contribution in [-0.2, 0) is 4.79 Å². The molecule has 5 heteroatoms. The largest absolute Gasteiger partial charge is 0.340 e. The second kappa shape index (κ2) is 6.50. The molecule has 0 aromatic rings. The van der Waals surface area contributed by atoms with Crippen LogP contribution >= 0.6 is 0 Å². The van der Waals surface area contributed by atoms with Crippen LogP contribution in [-0.4, -0.2) is 86.6 Å². The van der Waals surface area contributed by atoms with Gasteiger partial charge < -0.3 is 20.0 Å². The first kappa shape index (κ1) is 13.8. The second-order valence-corrected chi connectivity index (χ2v) is 5.58. The third-order valence-corrected chi connectivity index (χ3v) is 3.98. The topological polar surface area (TPSA) is 38.8 Å². The Hall–Kier alpha value is -0.650. The molecule has 104 valence electrons. The fourth-order valence-electron chi connectivity index (χ4n) is 2.70. The zero-order chi connectivity index (χ0) is 13.0. The fraction of sp³-hybridized carbons (Fsp3) is 0.923. The maximum Gasteiger partial charge on any atom is 0.226 e. The quantitative estimate of drug-likeness (QED) is 0.723. The normalized spacial score (nSPS) is 25.1. The summed E-state index contributed by atoms with van der Waals surface area (Å²) in [5.41, 5.74) is 0. The minimum atomic E-state index is 0.131. The van der Waals surface area contributed by atoms with Crippen molar-refractivity contribution in [1.29, 1.82) is 0 Å². The van der Waals surface area contributed by atoms with Crippen molar-refractivity contribution in [2.24, 2.45) is 5.92 Å². The average Bonchev–Trinajstić information content (AvgIpc) is 2.40. The predicted molar refractivity (Wildman–Crippen MR) is 72.6 cm³/mol. The van der Waals surface area contributed by atoms with Gasteiger partial charge in [-0.1, -0.05) is 6.92 Å². The summed E-state index contributed by atoms with van der Waals surface area (Å²) >= 11 is 0. The molecule has 1 N–H and O–H groups in total. The van der Waals surface area contributed by atoms with Crippen LogP contribution in [0, 0.1) is 5.92 Å². The minimum Gasteiger partial charge on any atom is -0.340 e. The summed E-state index contributed by atoms with van der Waals surface area (Å²) in [6.45, 7) is 11.0. The molecule has 0 bridgehead atoms. The number of carbonyl (C=O) groups is 1. The van der Waals surface area contributed by atoms with Gasteiger partial charge in [0.2, 0.25) is 5.91 Å². The summed E-state index contributed by atoms with van der Waals surface area (Å²) in [6.07, 6.45) is 0. The van der Waals surface area contributed by atoms with Crippen LogP contribution in [0.5, 0.6) is 0 Å². The number of rotatable bonds is 3. The zero-order valence-corrected chi connectivity index (χ0v) is 11.7. The monoisotopic (exact) mass is 254 g/mol. The Bertz CT molecular complexity index is 270. The number of hydrogen-bond donors (Lipinski definition) is 1. The van der Waals surface area contributed by atoms with E-state index in [1.165, 1.54) is 0 Å². The van der Waals surface area contributed by atoms with Gasteiger partial charge in [0.05, 0.1) is 0 Å². The summed E-state index contributed by atoms with van der Waals surface area (Å²) in [5.74, 6) is 0.466. The Morgan fingerprint density at radius 1 is 1.11 bits per heavy atom. The highest BCUT2D eigenvalue weighted by Crippen LogP contribution is 2.09. The van der Waals surface area contributed by atoms with Crippen molar-refractivity contribution in [3.63, 3.8) is 0 Å². The number of nitrogens with one attached hydrogen (secondary N) is 1. The van der Waals surface area contributed by atoms with E-state index in [1.807, 2.05) is 4.90 Å². The zero-order valence-electron chi connectivity index (χ0n) is 11.7. The fourth-order valence-corrected chi connectivity index (χ4v) is 2.70. The Kier molecular flexibility index (Phi) is 4.97. The van der Waals surface area contributed by atoms with Crippen LogP contribution in [0.3, 0.4) is 0 Å². The molecule has 2 aliphatic heterocycles. The van der Waals surface area contributed by atoms with Crippen molar-refractivity contribution in [1.82, 2.24) is 20.0 Å². The van der Waals surface area contributed by atoms with Crippen LogP contribution in [0.1, 0.15) is 6.92 Å². The molecule has 0 aromatic heterocycles. The molecule has 0 aliphatic carbocycles. The van der Waals surface area contributed by atoms with Gasteiger partial charge in [-0.05, 0) is 7.05 Å². The van der Waals surface area contributed by atoms with Crippen molar-refractivity contribution in [2.45, 2.75) is 6.92 Å². The lowest BCUT2D eigenvalue weighted by Gasteiger charge is -2.35. The van der Waals surface area contributed by atoms with Gasteiger partial charge in [0.25, 0.3) is 0 Å². The lowest BCUT2D eigenvalue weighted by molar-refractivity contribution is -0.137. The third-order valence-electron chi connectivity index (χ3n) is 3.98. The maximum atomic E-state index is 12.3. The number of carbonyl (C=O) groups excluding carboxylic acids is 1. The van der Waals surface area contributed by atoms with E-state index in [0.29, 0.717) is 5.91 Å². The first-order valence-corrected chi connectivity index (χ1v) is 7.07. The molecule has 2 fully saturated rings. The Morgan fingerprint density at radius 2 is 1.72 bits per heavy atom. The van der Waals surface area contributed by atoms with Crippen LogP contribution in [0.25, 0.3) is 0 Å². The van der Waals surface area contributed by atoms with Crippen molar-refractivity contribution in [3.05, 3.63) is 0 Å². The van der Waals surface area contributed by atoms with Crippen LogP contribution in [0.4, 0.5) is 0 Å². The molecule has 0 radical (unpaired) electrons. The van der Waals surface area contributed by atoms with E-state index in [9.17, 15) is 4.79 Å². The molecule has 2 aliphatic rings. The molecule has 0 saturated carbocycles. The van der Waals surface area contributed by atoms with Crippen molar-refractivity contribution < 1.29 is 4.79 Å². The molecule has 5 nitrogen and oxygen atoms in total. The van der Waals surface area contributed by atoms with Crippen LogP contribution in [0.15, 0.2) is 0 Å². The van der Waals surface area contributed by atoms with Crippen molar-refractivity contribution in [2.75, 3.05) is 66.0 Å². The van der Waals surface area contributed by atoms with E-state index >= 15 is 0 Å². The van der Waals surface area contributed by atoms with Gasteiger partial charge in [-0.15, -0.1) is 0 Å². The van der Waals surface area contributed by atoms with Gasteiger partial charge in [0, 0.05) is 64.8 Å². The van der Waals surface area contributed by atoms with E-state index < -0.39 is 0 Å². The van der Waals surface area contributed by atoms with Gasteiger partial charge in [0.15, 0.2) is 0 Å². The van der Waals surface area contributed by atoms with Gasteiger partial charge in [-0.25, -0.2) is 0 Å².